The first-order chi connectivity index (χ1) is 13.8. The Kier molecular flexibility index (Phi) is 3.93. The fourth-order valence-electron chi connectivity index (χ4n) is 3.86. The van der Waals surface area contributed by atoms with Crippen LogP contribution in [0.25, 0.3) is 28.2 Å². The van der Waals surface area contributed by atoms with Crippen molar-refractivity contribution in [3.05, 3.63) is 60.3 Å². The van der Waals surface area contributed by atoms with Gasteiger partial charge in [0.25, 0.3) is 0 Å². The second kappa shape index (κ2) is 6.60. The Morgan fingerprint density at radius 2 is 2.14 bits per heavy atom. The summed E-state index contributed by atoms with van der Waals surface area (Å²) in [6.45, 7) is 3.02. The molecule has 0 aromatic carbocycles. The molecule has 0 unspecified atom stereocenters. The number of carbonyl (C=O) groups is 1. The molecule has 0 bridgehead atoms. The minimum Gasteiger partial charge on any atom is -0.461 e. The number of aromatic nitrogens is 5. The smallest absolute Gasteiger partial charge is 0.356 e. The Morgan fingerprint density at radius 1 is 1.21 bits per heavy atom. The second-order valence-corrected chi connectivity index (χ2v) is 6.69. The molecule has 140 valence electrons. The van der Waals surface area contributed by atoms with Crippen molar-refractivity contribution in [3.8, 4) is 22.5 Å². The fraction of sp³-hybridized carbons (Fsp3) is 0.238. The van der Waals surface area contributed by atoms with E-state index >= 15 is 0 Å². The minimum atomic E-state index is -0.377. The summed E-state index contributed by atoms with van der Waals surface area (Å²) in [5, 5.41) is 4.84. The maximum atomic E-state index is 12.3. The molecule has 5 rings (SSSR count). The normalized spacial score (nSPS) is 13.0. The average Bonchev–Trinajstić information content (AvgIpc) is 3.42. The van der Waals surface area contributed by atoms with E-state index in [-0.39, 0.29) is 5.97 Å². The Balaban J connectivity index is 1.74. The molecule has 4 aromatic heterocycles. The lowest BCUT2D eigenvalue weighted by molar-refractivity contribution is 0.0518. The molecule has 0 fully saturated rings. The summed E-state index contributed by atoms with van der Waals surface area (Å²) in [7, 11) is 0. The Hall–Kier alpha value is -3.48. The Labute approximate surface area is 161 Å². The van der Waals surface area contributed by atoms with Crippen molar-refractivity contribution in [1.29, 1.82) is 0 Å². The molecule has 5 heterocycles. The molecule has 7 heteroatoms. The monoisotopic (exact) mass is 373 g/mol. The Morgan fingerprint density at radius 3 is 2.96 bits per heavy atom. The van der Waals surface area contributed by atoms with E-state index in [9.17, 15) is 4.79 Å². The highest BCUT2D eigenvalue weighted by atomic mass is 16.5. The van der Waals surface area contributed by atoms with Crippen LogP contribution in [0.5, 0.6) is 0 Å². The molecule has 0 amide bonds. The van der Waals surface area contributed by atoms with Crippen LogP contribution in [-0.2, 0) is 17.7 Å². The molecule has 0 aliphatic carbocycles. The third kappa shape index (κ3) is 2.51. The van der Waals surface area contributed by atoms with E-state index < -0.39 is 0 Å². The molecule has 0 atom stereocenters. The van der Waals surface area contributed by atoms with Crippen LogP contribution >= 0.6 is 0 Å². The van der Waals surface area contributed by atoms with Gasteiger partial charge >= 0.3 is 5.97 Å². The van der Waals surface area contributed by atoms with Crippen molar-refractivity contribution in [3.63, 3.8) is 0 Å². The van der Waals surface area contributed by atoms with Gasteiger partial charge < -0.3 is 4.74 Å². The molecule has 0 radical (unpaired) electrons. The van der Waals surface area contributed by atoms with Gasteiger partial charge in [0.05, 0.1) is 18.5 Å². The van der Waals surface area contributed by atoms with Crippen molar-refractivity contribution in [2.24, 2.45) is 0 Å². The second-order valence-electron chi connectivity index (χ2n) is 6.69. The van der Waals surface area contributed by atoms with Crippen LogP contribution in [0.3, 0.4) is 0 Å². The van der Waals surface area contributed by atoms with Crippen molar-refractivity contribution in [2.45, 2.75) is 26.3 Å². The summed E-state index contributed by atoms with van der Waals surface area (Å²) in [4.78, 5) is 21.3. The minimum absolute atomic E-state index is 0.326. The van der Waals surface area contributed by atoms with Gasteiger partial charge in [-0.1, -0.05) is 6.07 Å². The zero-order valence-electron chi connectivity index (χ0n) is 15.5. The number of esters is 1. The molecule has 28 heavy (non-hydrogen) atoms. The number of rotatable bonds is 4. The van der Waals surface area contributed by atoms with E-state index in [1.54, 1.807) is 23.7 Å². The molecule has 1 aliphatic rings. The predicted molar refractivity (Wildman–Crippen MR) is 104 cm³/mol. The summed E-state index contributed by atoms with van der Waals surface area (Å²) in [5.74, 6) is -0.377. The molecular formula is C21H19N5O2. The lowest BCUT2D eigenvalue weighted by Gasteiger charge is -2.08. The quantitative estimate of drug-likeness (QED) is 0.513. The lowest BCUT2D eigenvalue weighted by Crippen LogP contribution is -2.07. The third-order valence-electron chi connectivity index (χ3n) is 5.04. The summed E-state index contributed by atoms with van der Waals surface area (Å²) >= 11 is 0. The van der Waals surface area contributed by atoms with E-state index in [4.69, 9.17) is 9.84 Å². The maximum absolute atomic E-state index is 12.3. The van der Waals surface area contributed by atoms with E-state index in [2.05, 4.69) is 14.6 Å². The summed E-state index contributed by atoms with van der Waals surface area (Å²) in [6, 6.07) is 9.78. The standard InChI is InChI=1S/C21H19N5O2/c1-2-28-21(27)17-13-23-20-14(7-5-11-25(17)20)18-16-9-6-12-26(16)24-19(18)15-8-3-4-10-22-15/h3-5,7-8,10-11,13H,2,6,9,12H2,1H3. The van der Waals surface area contributed by atoms with E-state index in [0.717, 1.165) is 41.9 Å². The highest BCUT2D eigenvalue weighted by Gasteiger charge is 2.26. The molecule has 0 saturated carbocycles. The fourth-order valence-corrected chi connectivity index (χ4v) is 3.86. The van der Waals surface area contributed by atoms with E-state index in [1.165, 1.54) is 5.69 Å². The number of hydrogen-bond acceptors (Lipinski definition) is 5. The number of imidazole rings is 1. The van der Waals surface area contributed by atoms with Crippen molar-refractivity contribution < 1.29 is 9.53 Å². The molecule has 4 aromatic rings. The van der Waals surface area contributed by atoms with Gasteiger partial charge in [-0.15, -0.1) is 0 Å². The van der Waals surface area contributed by atoms with Crippen LogP contribution in [0.1, 0.15) is 29.5 Å². The van der Waals surface area contributed by atoms with Crippen LogP contribution < -0.4 is 0 Å². The summed E-state index contributed by atoms with van der Waals surface area (Å²) in [6.07, 6.45) is 7.22. The van der Waals surface area contributed by atoms with E-state index in [1.807, 2.05) is 36.5 Å². The largest absolute Gasteiger partial charge is 0.461 e. The van der Waals surface area contributed by atoms with Gasteiger partial charge in [0.2, 0.25) is 0 Å². The maximum Gasteiger partial charge on any atom is 0.356 e. The Bertz CT molecular complexity index is 1180. The van der Waals surface area contributed by atoms with Gasteiger partial charge in [-0.25, -0.2) is 9.78 Å². The third-order valence-corrected chi connectivity index (χ3v) is 5.04. The number of nitrogens with zero attached hydrogens (tertiary/aromatic N) is 5. The van der Waals surface area contributed by atoms with Crippen LogP contribution in [0.15, 0.2) is 48.9 Å². The van der Waals surface area contributed by atoms with Gasteiger partial charge in [-0.05, 0) is 44.0 Å². The molecule has 0 saturated heterocycles. The molecular weight excluding hydrogens is 354 g/mol. The number of pyridine rings is 2. The van der Waals surface area contributed by atoms with Gasteiger partial charge in [0.1, 0.15) is 11.3 Å². The average molecular weight is 373 g/mol. The predicted octanol–water partition coefficient (Wildman–Crippen LogP) is 3.38. The number of aryl methyl sites for hydroxylation is 1. The van der Waals surface area contributed by atoms with Gasteiger partial charge in [0.15, 0.2) is 5.69 Å². The number of carbonyl (C=O) groups excluding carboxylic acids is 1. The molecule has 7 nitrogen and oxygen atoms in total. The van der Waals surface area contributed by atoms with Crippen LogP contribution in [0.2, 0.25) is 0 Å². The molecule has 0 N–H and O–H groups in total. The number of hydrogen-bond donors (Lipinski definition) is 0. The van der Waals surface area contributed by atoms with Crippen LogP contribution in [0.4, 0.5) is 0 Å². The number of fused-ring (bicyclic) bond motifs is 2. The van der Waals surface area contributed by atoms with Crippen molar-refractivity contribution in [2.75, 3.05) is 6.61 Å². The van der Waals surface area contributed by atoms with Crippen LogP contribution in [-0.4, -0.2) is 36.7 Å². The molecule has 0 spiro atoms. The lowest BCUT2D eigenvalue weighted by atomic mass is 10.0. The molecule has 1 aliphatic heterocycles. The highest BCUT2D eigenvalue weighted by Crippen LogP contribution is 2.38. The summed E-state index contributed by atoms with van der Waals surface area (Å²) in [5.41, 5.74) is 5.99. The zero-order valence-corrected chi connectivity index (χ0v) is 15.5. The first kappa shape index (κ1) is 16.7. The van der Waals surface area contributed by atoms with Gasteiger partial charge in [-0.3, -0.25) is 14.1 Å². The first-order valence-electron chi connectivity index (χ1n) is 9.42. The van der Waals surface area contributed by atoms with E-state index in [0.29, 0.717) is 17.9 Å². The number of ether oxygens (including phenoxy) is 1. The van der Waals surface area contributed by atoms with Crippen molar-refractivity contribution >= 4 is 11.6 Å². The topological polar surface area (TPSA) is 74.3 Å². The highest BCUT2D eigenvalue weighted by molar-refractivity contribution is 5.92. The van der Waals surface area contributed by atoms with Crippen LogP contribution in [0, 0.1) is 0 Å². The van der Waals surface area contributed by atoms with Crippen molar-refractivity contribution in [1.82, 2.24) is 24.1 Å². The summed E-state index contributed by atoms with van der Waals surface area (Å²) < 4.78 is 9.02. The first-order valence-corrected chi connectivity index (χ1v) is 9.42. The SMILES string of the molecule is CCOC(=O)c1cnc2c(-c3c(-c4ccccn4)nn4c3CCC4)cccn12. The van der Waals surface area contributed by atoms with Gasteiger partial charge in [-0.2, -0.15) is 5.10 Å². The van der Waals surface area contributed by atoms with Gasteiger partial charge in [0, 0.05) is 35.8 Å². The zero-order chi connectivity index (χ0) is 19.1.